The number of hydrogen-bond acceptors (Lipinski definition) is 3. The maximum atomic E-state index is 4.87. The second kappa shape index (κ2) is 11.7. The normalized spacial score (nSPS) is 10.3. The van der Waals surface area contributed by atoms with Crippen LogP contribution in [0.3, 0.4) is 0 Å². The fraction of sp³-hybridized carbons (Fsp3) is 0.0645. The molecule has 0 aliphatic heterocycles. The molecule has 6 rings (SSSR count). The van der Waals surface area contributed by atoms with E-state index < -0.39 is 0 Å². The van der Waals surface area contributed by atoms with Crippen molar-refractivity contribution in [2.24, 2.45) is 0 Å². The fourth-order valence-electron chi connectivity index (χ4n) is 4.01. The zero-order valence-corrected chi connectivity index (χ0v) is 22.4. The first-order valence-corrected chi connectivity index (χ1v) is 11.5. The molecule has 3 aromatic carbocycles. The Morgan fingerprint density at radius 3 is 2.00 bits per heavy atom. The largest absolute Gasteiger partial charge is 0.333 e. The Labute approximate surface area is 225 Å². The molecule has 0 saturated heterocycles. The first kappa shape index (κ1) is 25.2. The molecule has 3 heterocycles. The van der Waals surface area contributed by atoms with Crippen LogP contribution in [0.2, 0.25) is 0 Å². The third kappa shape index (κ3) is 5.49. The fourth-order valence-corrected chi connectivity index (χ4v) is 4.01. The molecular weight excluding hydrogens is 621 g/mol. The molecule has 0 aliphatic carbocycles. The third-order valence-electron chi connectivity index (χ3n) is 5.56. The molecule has 5 heteroatoms. The van der Waals surface area contributed by atoms with Gasteiger partial charge in [-0.1, -0.05) is 30.3 Å². The zero-order chi connectivity index (χ0) is 24.0. The van der Waals surface area contributed by atoms with Gasteiger partial charge in [-0.3, -0.25) is 9.97 Å². The molecule has 0 unspecified atom stereocenters. The van der Waals surface area contributed by atoms with Crippen LogP contribution in [0.15, 0.2) is 109 Å². The summed E-state index contributed by atoms with van der Waals surface area (Å²) in [6, 6.07) is 40.4. The van der Waals surface area contributed by atoms with E-state index in [0.717, 1.165) is 50.8 Å². The Balaban J connectivity index is 0.000000198. The van der Waals surface area contributed by atoms with E-state index in [-0.39, 0.29) is 20.1 Å². The predicted octanol–water partition coefficient (Wildman–Crippen LogP) is 7.05. The first-order chi connectivity index (χ1) is 17.2. The minimum atomic E-state index is 0. The van der Waals surface area contributed by atoms with Crippen LogP contribution in [0.4, 0.5) is 0 Å². The molecule has 36 heavy (non-hydrogen) atoms. The Morgan fingerprint density at radius 1 is 0.694 bits per heavy atom. The molecule has 0 saturated carbocycles. The van der Waals surface area contributed by atoms with E-state index in [0.29, 0.717) is 0 Å². The minimum absolute atomic E-state index is 0. The van der Waals surface area contributed by atoms with Gasteiger partial charge >= 0.3 is 0 Å². The van der Waals surface area contributed by atoms with Crippen LogP contribution < -0.4 is 0 Å². The van der Waals surface area contributed by atoms with E-state index in [9.17, 15) is 0 Å². The van der Waals surface area contributed by atoms with Crippen molar-refractivity contribution in [1.29, 1.82) is 0 Å². The second-order valence-electron chi connectivity index (χ2n) is 8.09. The molecule has 179 valence electrons. The summed E-state index contributed by atoms with van der Waals surface area (Å²) in [5.74, 6) is 0.891. The standard InChI is InChI=1S/C20H16N3.C11H8N.Ir/c1-14-13-18-19(15(2)21-14)22-20(16-9-5-3-6-10-16)23(18)17-11-7-4-8-12-17;1-2-6-10(7-3-1)11-8-4-5-9-12-11;/h3-9,11-13H,1-2H3;1-6,8-9H;/q2*-1;. The van der Waals surface area contributed by atoms with Gasteiger partial charge in [-0.2, -0.15) is 0 Å². The van der Waals surface area contributed by atoms with Crippen molar-refractivity contribution in [2.75, 3.05) is 0 Å². The number of pyridine rings is 2. The quantitative estimate of drug-likeness (QED) is 0.194. The summed E-state index contributed by atoms with van der Waals surface area (Å²) in [6.45, 7) is 4.03. The molecule has 0 fully saturated rings. The number of aryl methyl sites for hydroxylation is 2. The summed E-state index contributed by atoms with van der Waals surface area (Å²) >= 11 is 0. The molecule has 4 nitrogen and oxygen atoms in total. The maximum absolute atomic E-state index is 4.87. The van der Waals surface area contributed by atoms with Crippen LogP contribution in [0, 0.1) is 26.0 Å². The van der Waals surface area contributed by atoms with E-state index in [2.05, 4.69) is 44.9 Å². The molecule has 0 amide bonds. The Kier molecular flexibility index (Phi) is 8.17. The summed E-state index contributed by atoms with van der Waals surface area (Å²) in [5, 5.41) is 0. The van der Waals surface area contributed by atoms with Crippen molar-refractivity contribution in [3.8, 4) is 28.3 Å². The van der Waals surface area contributed by atoms with E-state index in [1.165, 1.54) is 0 Å². The number of rotatable bonds is 3. The summed E-state index contributed by atoms with van der Waals surface area (Å²) in [5.41, 5.74) is 8.04. The number of fused-ring (bicyclic) bond motifs is 1. The van der Waals surface area contributed by atoms with E-state index in [1.807, 2.05) is 98.8 Å². The molecule has 0 N–H and O–H groups in total. The summed E-state index contributed by atoms with van der Waals surface area (Å²) < 4.78 is 2.18. The van der Waals surface area contributed by atoms with Crippen LogP contribution in [-0.2, 0) is 20.1 Å². The number of para-hydroxylation sites is 1. The van der Waals surface area contributed by atoms with E-state index in [4.69, 9.17) is 4.98 Å². The van der Waals surface area contributed by atoms with Crippen molar-refractivity contribution in [3.05, 3.63) is 133 Å². The maximum Gasteiger partial charge on any atom is 0.0986 e. The van der Waals surface area contributed by atoms with Crippen molar-refractivity contribution < 1.29 is 20.1 Å². The summed E-state index contributed by atoms with van der Waals surface area (Å²) in [7, 11) is 0. The number of nitrogens with zero attached hydrogens (tertiary/aromatic N) is 4. The van der Waals surface area contributed by atoms with Gasteiger partial charge in [-0.15, -0.1) is 71.8 Å². The van der Waals surface area contributed by atoms with E-state index in [1.54, 1.807) is 6.20 Å². The molecule has 0 atom stereocenters. The summed E-state index contributed by atoms with van der Waals surface area (Å²) in [4.78, 5) is 13.6. The molecule has 6 aromatic rings. The Bertz CT molecular complexity index is 1490. The number of imidazole rings is 1. The number of benzene rings is 3. The average Bonchev–Trinajstić information content (AvgIpc) is 3.31. The average molecular weight is 645 g/mol. The van der Waals surface area contributed by atoms with Crippen molar-refractivity contribution >= 4 is 11.0 Å². The second-order valence-corrected chi connectivity index (χ2v) is 8.09. The molecule has 3 aromatic heterocycles. The van der Waals surface area contributed by atoms with Crippen LogP contribution >= 0.6 is 0 Å². The summed E-state index contributed by atoms with van der Waals surface area (Å²) in [6.07, 6.45) is 1.79. The molecule has 0 bridgehead atoms. The number of hydrogen-bond donors (Lipinski definition) is 0. The van der Waals surface area contributed by atoms with Crippen molar-refractivity contribution in [3.63, 3.8) is 0 Å². The first-order valence-electron chi connectivity index (χ1n) is 11.5. The smallest absolute Gasteiger partial charge is 0.0986 e. The molecular formula is C31H24IrN4-2. The molecule has 0 spiro atoms. The van der Waals surface area contributed by atoms with Gasteiger partial charge in [0.05, 0.1) is 22.6 Å². The van der Waals surface area contributed by atoms with Gasteiger partial charge in [0, 0.05) is 37.7 Å². The Hall–Kier alpha value is -3.92. The topological polar surface area (TPSA) is 43.6 Å². The van der Waals surface area contributed by atoms with E-state index >= 15 is 0 Å². The predicted molar refractivity (Wildman–Crippen MR) is 141 cm³/mol. The molecule has 1 radical (unpaired) electrons. The van der Waals surface area contributed by atoms with Crippen molar-refractivity contribution in [2.45, 2.75) is 13.8 Å². The van der Waals surface area contributed by atoms with Gasteiger partial charge in [0.2, 0.25) is 0 Å². The van der Waals surface area contributed by atoms with Gasteiger partial charge < -0.3 is 9.55 Å². The van der Waals surface area contributed by atoms with Crippen LogP contribution in [0.25, 0.3) is 39.4 Å². The van der Waals surface area contributed by atoms with Gasteiger partial charge in [0.1, 0.15) is 0 Å². The van der Waals surface area contributed by atoms with Gasteiger partial charge in [0.25, 0.3) is 0 Å². The monoisotopic (exact) mass is 645 g/mol. The van der Waals surface area contributed by atoms with Gasteiger partial charge in [0.15, 0.2) is 0 Å². The SMILES string of the molecule is Cc1cc2c(nc(-c3[c-]cccc3)n2-c2ccccc2)c(C)n1.[Ir].[c-]1ccccc1-c1ccccn1. The minimum Gasteiger partial charge on any atom is -0.333 e. The Morgan fingerprint density at radius 2 is 1.36 bits per heavy atom. The number of aromatic nitrogens is 4. The molecule has 0 aliphatic rings. The van der Waals surface area contributed by atoms with Crippen molar-refractivity contribution in [1.82, 2.24) is 19.5 Å². The van der Waals surface area contributed by atoms with Gasteiger partial charge in [-0.05, 0) is 43.8 Å². The van der Waals surface area contributed by atoms with Crippen LogP contribution in [0.5, 0.6) is 0 Å². The van der Waals surface area contributed by atoms with Crippen LogP contribution in [-0.4, -0.2) is 19.5 Å². The zero-order valence-electron chi connectivity index (χ0n) is 20.0. The van der Waals surface area contributed by atoms with Gasteiger partial charge in [-0.25, -0.2) is 0 Å². The van der Waals surface area contributed by atoms with Crippen LogP contribution in [0.1, 0.15) is 11.4 Å². The third-order valence-corrected chi connectivity index (χ3v) is 5.56.